The van der Waals surface area contributed by atoms with Gasteiger partial charge in [-0.15, -0.1) is 11.3 Å². The van der Waals surface area contributed by atoms with Crippen LogP contribution in [0.15, 0.2) is 109 Å². The highest BCUT2D eigenvalue weighted by Crippen LogP contribution is 2.49. The quantitative estimate of drug-likeness (QED) is 0.243. The summed E-state index contributed by atoms with van der Waals surface area (Å²) in [4.78, 5) is 0. The van der Waals surface area contributed by atoms with E-state index in [9.17, 15) is 0 Å². The van der Waals surface area contributed by atoms with Crippen molar-refractivity contribution >= 4 is 31.5 Å². The summed E-state index contributed by atoms with van der Waals surface area (Å²) in [5, 5.41) is 2.73. The molecule has 0 spiro atoms. The minimum Gasteiger partial charge on any atom is -0.135 e. The van der Waals surface area contributed by atoms with E-state index in [4.69, 9.17) is 0 Å². The maximum Gasteiger partial charge on any atom is 0.0361 e. The van der Waals surface area contributed by atoms with Gasteiger partial charge in [-0.05, 0) is 69.1 Å². The Kier molecular flexibility index (Phi) is 4.53. The van der Waals surface area contributed by atoms with Gasteiger partial charge in [0.25, 0.3) is 0 Å². The average Bonchev–Trinajstić information content (AvgIpc) is 3.36. The second-order valence-electron chi connectivity index (χ2n) is 10.2. The standard InChI is InChI=1S/C34H26S/c1-34(2)30-14-8-6-12-25(30)26-17-16-22(19-31(26)34)18-24-20-29-27-13-7-9-15-32(27)35-33(29)21-28(24)23-10-4-3-5-11-23/h3-17,19-21H,18H2,1-2H3. The molecule has 1 aromatic heterocycles. The number of fused-ring (bicyclic) bond motifs is 6. The molecule has 0 N–H and O–H groups in total. The van der Waals surface area contributed by atoms with Crippen LogP contribution in [0.5, 0.6) is 0 Å². The van der Waals surface area contributed by atoms with Crippen LogP contribution in [0.4, 0.5) is 0 Å². The van der Waals surface area contributed by atoms with Crippen molar-refractivity contribution in [3.8, 4) is 22.3 Å². The Labute approximate surface area is 210 Å². The second kappa shape index (κ2) is 7.66. The third-order valence-corrected chi connectivity index (χ3v) is 8.86. The first-order valence-corrected chi connectivity index (χ1v) is 13.1. The fourth-order valence-electron chi connectivity index (χ4n) is 5.93. The molecule has 5 aromatic carbocycles. The Morgan fingerprint density at radius 1 is 0.571 bits per heavy atom. The predicted octanol–water partition coefficient (Wildman–Crippen LogP) is 9.62. The van der Waals surface area contributed by atoms with Gasteiger partial charge in [-0.2, -0.15) is 0 Å². The molecule has 1 heteroatoms. The zero-order chi connectivity index (χ0) is 23.6. The van der Waals surface area contributed by atoms with E-state index in [0.29, 0.717) is 0 Å². The molecule has 0 fully saturated rings. The molecule has 1 aliphatic rings. The molecule has 0 amide bonds. The first-order chi connectivity index (χ1) is 17.1. The summed E-state index contributed by atoms with van der Waals surface area (Å²) in [6.07, 6.45) is 0.921. The Hall–Kier alpha value is -3.68. The van der Waals surface area contributed by atoms with Crippen LogP contribution in [0.1, 0.15) is 36.1 Å². The molecule has 0 saturated heterocycles. The van der Waals surface area contributed by atoms with Crippen molar-refractivity contribution in [2.45, 2.75) is 25.7 Å². The Balaban J connectivity index is 1.39. The van der Waals surface area contributed by atoms with E-state index < -0.39 is 0 Å². The van der Waals surface area contributed by atoms with Crippen molar-refractivity contribution in [1.82, 2.24) is 0 Å². The second-order valence-corrected chi connectivity index (χ2v) is 11.3. The third-order valence-electron chi connectivity index (χ3n) is 7.73. The Bertz CT molecular complexity index is 1730. The first kappa shape index (κ1) is 20.7. The van der Waals surface area contributed by atoms with Crippen LogP contribution in [-0.2, 0) is 11.8 Å². The Morgan fingerprint density at radius 3 is 2.20 bits per heavy atom. The van der Waals surface area contributed by atoms with Crippen LogP contribution in [0, 0.1) is 0 Å². The van der Waals surface area contributed by atoms with E-state index in [1.807, 2.05) is 11.3 Å². The zero-order valence-electron chi connectivity index (χ0n) is 20.0. The third kappa shape index (κ3) is 3.19. The van der Waals surface area contributed by atoms with Gasteiger partial charge in [0, 0.05) is 25.6 Å². The van der Waals surface area contributed by atoms with Crippen LogP contribution in [-0.4, -0.2) is 0 Å². The number of benzene rings is 5. The molecule has 0 aliphatic heterocycles. The molecule has 0 unspecified atom stereocenters. The normalized spacial score (nSPS) is 13.8. The molecule has 7 rings (SSSR count). The molecular formula is C34H26S. The summed E-state index contributed by atoms with van der Waals surface area (Å²) >= 11 is 1.89. The van der Waals surface area contributed by atoms with Crippen LogP contribution in [0.2, 0.25) is 0 Å². The van der Waals surface area contributed by atoms with Crippen LogP contribution in [0.25, 0.3) is 42.4 Å². The molecule has 6 aromatic rings. The van der Waals surface area contributed by atoms with Gasteiger partial charge in [-0.1, -0.05) is 105 Å². The minimum atomic E-state index is 0.0255. The molecule has 0 saturated carbocycles. The van der Waals surface area contributed by atoms with Gasteiger partial charge >= 0.3 is 0 Å². The fourth-order valence-corrected chi connectivity index (χ4v) is 7.06. The number of hydrogen-bond acceptors (Lipinski definition) is 1. The van der Waals surface area contributed by atoms with Gasteiger partial charge in [0.2, 0.25) is 0 Å². The lowest BCUT2D eigenvalue weighted by Crippen LogP contribution is -2.15. The summed E-state index contributed by atoms with van der Waals surface area (Å²) < 4.78 is 2.72. The van der Waals surface area contributed by atoms with Crippen molar-refractivity contribution in [3.63, 3.8) is 0 Å². The molecule has 35 heavy (non-hydrogen) atoms. The molecule has 0 radical (unpaired) electrons. The molecule has 0 nitrogen and oxygen atoms in total. The van der Waals surface area contributed by atoms with Crippen molar-refractivity contribution in [3.05, 3.63) is 131 Å². The van der Waals surface area contributed by atoms with E-state index in [1.54, 1.807) is 0 Å². The highest BCUT2D eigenvalue weighted by atomic mass is 32.1. The lowest BCUT2D eigenvalue weighted by Gasteiger charge is -2.22. The van der Waals surface area contributed by atoms with Crippen molar-refractivity contribution < 1.29 is 0 Å². The maximum atomic E-state index is 2.46. The van der Waals surface area contributed by atoms with E-state index >= 15 is 0 Å². The first-order valence-electron chi connectivity index (χ1n) is 12.3. The summed E-state index contributed by atoms with van der Waals surface area (Å²) in [7, 11) is 0. The molecule has 1 heterocycles. The largest absolute Gasteiger partial charge is 0.135 e. The van der Waals surface area contributed by atoms with Gasteiger partial charge in [0.1, 0.15) is 0 Å². The van der Waals surface area contributed by atoms with Crippen LogP contribution in [0.3, 0.4) is 0 Å². The summed E-state index contributed by atoms with van der Waals surface area (Å²) in [5.74, 6) is 0. The van der Waals surface area contributed by atoms with Crippen molar-refractivity contribution in [1.29, 1.82) is 0 Å². The monoisotopic (exact) mass is 466 g/mol. The average molecular weight is 467 g/mol. The molecule has 168 valence electrons. The fraction of sp³-hybridized carbons (Fsp3) is 0.118. The summed E-state index contributed by atoms with van der Waals surface area (Å²) in [6.45, 7) is 4.72. The van der Waals surface area contributed by atoms with Gasteiger partial charge in [-0.25, -0.2) is 0 Å². The highest BCUT2D eigenvalue weighted by Gasteiger charge is 2.35. The predicted molar refractivity (Wildman–Crippen MR) is 152 cm³/mol. The SMILES string of the molecule is CC1(C)c2ccccc2-c2ccc(Cc3cc4c(cc3-c3ccccc3)sc3ccccc34)cc21. The van der Waals surface area contributed by atoms with Gasteiger partial charge in [0.05, 0.1) is 0 Å². The van der Waals surface area contributed by atoms with Crippen molar-refractivity contribution in [2.75, 3.05) is 0 Å². The highest BCUT2D eigenvalue weighted by molar-refractivity contribution is 7.25. The van der Waals surface area contributed by atoms with E-state index in [0.717, 1.165) is 6.42 Å². The maximum absolute atomic E-state index is 2.46. The topological polar surface area (TPSA) is 0 Å². The summed E-state index contributed by atoms with van der Waals surface area (Å²) in [6, 6.07) is 40.5. The van der Waals surface area contributed by atoms with Gasteiger partial charge in [0.15, 0.2) is 0 Å². The smallest absolute Gasteiger partial charge is 0.0361 e. The number of thiophene rings is 1. The Morgan fingerprint density at radius 2 is 1.31 bits per heavy atom. The van der Waals surface area contributed by atoms with E-state index in [-0.39, 0.29) is 5.41 Å². The van der Waals surface area contributed by atoms with E-state index in [2.05, 4.69) is 123 Å². The minimum absolute atomic E-state index is 0.0255. The van der Waals surface area contributed by atoms with Crippen molar-refractivity contribution in [2.24, 2.45) is 0 Å². The number of hydrogen-bond donors (Lipinski definition) is 0. The molecule has 1 aliphatic carbocycles. The lowest BCUT2D eigenvalue weighted by atomic mass is 9.81. The van der Waals surface area contributed by atoms with Crippen LogP contribution < -0.4 is 0 Å². The summed E-state index contributed by atoms with van der Waals surface area (Å²) in [5.41, 5.74) is 11.1. The lowest BCUT2D eigenvalue weighted by molar-refractivity contribution is 0.659. The van der Waals surface area contributed by atoms with Gasteiger partial charge < -0.3 is 0 Å². The van der Waals surface area contributed by atoms with E-state index in [1.165, 1.54) is 64.7 Å². The van der Waals surface area contributed by atoms with Crippen LogP contribution >= 0.6 is 11.3 Å². The molecule has 0 atom stereocenters. The zero-order valence-corrected chi connectivity index (χ0v) is 20.8. The number of rotatable bonds is 3. The molecular weight excluding hydrogens is 440 g/mol. The molecule has 0 bridgehead atoms. The van der Waals surface area contributed by atoms with Gasteiger partial charge in [-0.3, -0.25) is 0 Å².